The van der Waals surface area contributed by atoms with Gasteiger partial charge in [-0.3, -0.25) is 0 Å². The van der Waals surface area contributed by atoms with Gasteiger partial charge in [-0.25, -0.2) is 9.97 Å². The van der Waals surface area contributed by atoms with Crippen LogP contribution in [0.3, 0.4) is 0 Å². The Morgan fingerprint density at radius 1 is 1.38 bits per heavy atom. The predicted molar refractivity (Wildman–Crippen MR) is 62.6 cm³/mol. The van der Waals surface area contributed by atoms with Gasteiger partial charge < -0.3 is 9.88 Å². The van der Waals surface area contributed by atoms with Gasteiger partial charge in [0, 0.05) is 19.4 Å². The van der Waals surface area contributed by atoms with E-state index in [0.717, 1.165) is 5.82 Å². The summed E-state index contributed by atoms with van der Waals surface area (Å²) in [6, 6.07) is 0. The first-order chi connectivity index (χ1) is 7.66. The molecule has 0 unspecified atom stereocenters. The molecule has 0 aliphatic carbocycles. The van der Waals surface area contributed by atoms with Crippen molar-refractivity contribution in [1.82, 2.24) is 19.5 Å². The highest BCUT2D eigenvalue weighted by Gasteiger charge is 2.05. The van der Waals surface area contributed by atoms with E-state index in [-0.39, 0.29) is 5.28 Å². The number of imidazole rings is 1. The molecule has 2 aromatic rings. The van der Waals surface area contributed by atoms with Crippen molar-refractivity contribution in [2.75, 3.05) is 5.32 Å². The van der Waals surface area contributed by atoms with Crippen LogP contribution in [0.15, 0.2) is 18.6 Å². The van der Waals surface area contributed by atoms with Crippen LogP contribution in [0.2, 0.25) is 10.3 Å². The van der Waals surface area contributed by atoms with Crippen molar-refractivity contribution >= 4 is 29.0 Å². The molecule has 84 valence electrons. The second-order valence-corrected chi connectivity index (χ2v) is 3.89. The lowest BCUT2D eigenvalue weighted by molar-refractivity contribution is 0.810. The summed E-state index contributed by atoms with van der Waals surface area (Å²) in [6.07, 6.45) is 5.05. The van der Waals surface area contributed by atoms with Gasteiger partial charge in [-0.05, 0) is 11.6 Å². The smallest absolute Gasteiger partial charge is 0.224 e. The fourth-order valence-electron chi connectivity index (χ4n) is 1.20. The lowest BCUT2D eigenvalue weighted by Crippen LogP contribution is -2.07. The van der Waals surface area contributed by atoms with Crippen molar-refractivity contribution in [3.05, 3.63) is 34.7 Å². The van der Waals surface area contributed by atoms with Gasteiger partial charge in [0.15, 0.2) is 0 Å². The molecule has 0 atom stereocenters. The molecule has 0 saturated heterocycles. The van der Waals surface area contributed by atoms with Crippen molar-refractivity contribution in [2.45, 2.75) is 6.54 Å². The summed E-state index contributed by atoms with van der Waals surface area (Å²) in [5.41, 5.74) is 0. The maximum absolute atomic E-state index is 5.90. The van der Waals surface area contributed by atoms with Gasteiger partial charge in [-0.1, -0.05) is 11.6 Å². The molecule has 0 aliphatic rings. The van der Waals surface area contributed by atoms with E-state index in [1.807, 2.05) is 17.8 Å². The van der Waals surface area contributed by atoms with E-state index in [1.165, 1.54) is 6.20 Å². The predicted octanol–water partition coefficient (Wildman–Crippen LogP) is 2.13. The van der Waals surface area contributed by atoms with Crippen LogP contribution in [-0.4, -0.2) is 19.5 Å². The molecule has 0 saturated carbocycles. The van der Waals surface area contributed by atoms with Gasteiger partial charge in [-0.2, -0.15) is 4.98 Å². The van der Waals surface area contributed by atoms with Crippen LogP contribution < -0.4 is 5.32 Å². The van der Waals surface area contributed by atoms with E-state index < -0.39 is 0 Å². The van der Waals surface area contributed by atoms with E-state index in [4.69, 9.17) is 23.2 Å². The lowest BCUT2D eigenvalue weighted by Gasteiger charge is -2.06. The van der Waals surface area contributed by atoms with Crippen LogP contribution in [0.4, 0.5) is 5.82 Å². The highest BCUT2D eigenvalue weighted by Crippen LogP contribution is 2.19. The minimum Gasteiger partial charge on any atom is -0.361 e. The Labute approximate surface area is 102 Å². The Balaban J connectivity index is 2.10. The molecule has 0 radical (unpaired) electrons. The summed E-state index contributed by atoms with van der Waals surface area (Å²) in [4.78, 5) is 11.9. The number of halogens is 2. The van der Waals surface area contributed by atoms with Crippen LogP contribution >= 0.6 is 23.2 Å². The molecule has 0 aliphatic heterocycles. The van der Waals surface area contributed by atoms with Crippen molar-refractivity contribution in [2.24, 2.45) is 7.05 Å². The standard InChI is InChI=1S/C9H9Cl2N5/c1-16-3-2-12-7(16)5-13-8-6(10)4-14-9(11)15-8/h2-4H,5H2,1H3,(H,13,14,15). The van der Waals surface area contributed by atoms with Crippen LogP contribution in [-0.2, 0) is 13.6 Å². The quantitative estimate of drug-likeness (QED) is 0.857. The molecule has 2 aromatic heterocycles. The summed E-state index contributed by atoms with van der Waals surface area (Å²) in [6.45, 7) is 0.524. The molecule has 2 rings (SSSR count). The van der Waals surface area contributed by atoms with E-state index in [1.54, 1.807) is 6.20 Å². The highest BCUT2D eigenvalue weighted by atomic mass is 35.5. The Morgan fingerprint density at radius 2 is 2.19 bits per heavy atom. The zero-order valence-corrected chi connectivity index (χ0v) is 10.00. The molecule has 0 bridgehead atoms. The molecule has 5 nitrogen and oxygen atoms in total. The number of anilines is 1. The highest BCUT2D eigenvalue weighted by molar-refractivity contribution is 6.33. The zero-order valence-electron chi connectivity index (χ0n) is 8.48. The fourth-order valence-corrected chi connectivity index (χ4v) is 1.49. The van der Waals surface area contributed by atoms with Crippen molar-refractivity contribution in [1.29, 1.82) is 0 Å². The SMILES string of the molecule is Cn1ccnc1CNc1nc(Cl)ncc1Cl. The van der Waals surface area contributed by atoms with Crippen LogP contribution in [0, 0.1) is 0 Å². The second-order valence-electron chi connectivity index (χ2n) is 3.14. The number of aryl methyl sites for hydroxylation is 1. The first-order valence-corrected chi connectivity index (χ1v) is 5.30. The average Bonchev–Trinajstić information content (AvgIpc) is 2.66. The molecule has 0 amide bonds. The zero-order chi connectivity index (χ0) is 11.5. The number of nitrogens with zero attached hydrogens (tertiary/aromatic N) is 4. The summed E-state index contributed by atoms with van der Waals surface area (Å²) in [5, 5.41) is 3.63. The molecule has 0 fully saturated rings. The minimum atomic E-state index is 0.159. The second kappa shape index (κ2) is 4.67. The summed E-state index contributed by atoms with van der Waals surface area (Å²) < 4.78 is 1.91. The van der Waals surface area contributed by atoms with Crippen molar-refractivity contribution in [3.8, 4) is 0 Å². The van der Waals surface area contributed by atoms with E-state index in [0.29, 0.717) is 17.4 Å². The fraction of sp³-hybridized carbons (Fsp3) is 0.222. The van der Waals surface area contributed by atoms with E-state index in [9.17, 15) is 0 Å². The van der Waals surface area contributed by atoms with Gasteiger partial charge in [0.05, 0.1) is 12.7 Å². The van der Waals surface area contributed by atoms with Crippen LogP contribution in [0.5, 0.6) is 0 Å². The number of rotatable bonds is 3. The normalized spacial score (nSPS) is 10.4. The molecule has 16 heavy (non-hydrogen) atoms. The Kier molecular flexibility index (Phi) is 3.26. The molecular weight excluding hydrogens is 249 g/mol. The maximum Gasteiger partial charge on any atom is 0.224 e. The maximum atomic E-state index is 5.90. The Hall–Kier alpha value is -1.33. The van der Waals surface area contributed by atoms with E-state index >= 15 is 0 Å². The van der Waals surface area contributed by atoms with Gasteiger partial charge >= 0.3 is 0 Å². The molecule has 0 aromatic carbocycles. The number of hydrogen-bond acceptors (Lipinski definition) is 4. The first kappa shape index (κ1) is 11.2. The topological polar surface area (TPSA) is 55.6 Å². The van der Waals surface area contributed by atoms with Gasteiger partial charge in [0.25, 0.3) is 0 Å². The van der Waals surface area contributed by atoms with Crippen LogP contribution in [0.1, 0.15) is 5.82 Å². The molecular formula is C9H9Cl2N5. The lowest BCUT2D eigenvalue weighted by atomic mass is 10.5. The summed E-state index contributed by atoms with van der Waals surface area (Å²) in [5.74, 6) is 1.38. The molecule has 2 heterocycles. The Morgan fingerprint density at radius 3 is 2.88 bits per heavy atom. The third-order valence-corrected chi connectivity index (χ3v) is 2.51. The third kappa shape index (κ3) is 2.43. The third-order valence-electron chi connectivity index (χ3n) is 2.05. The summed E-state index contributed by atoms with van der Waals surface area (Å²) >= 11 is 11.6. The molecule has 0 spiro atoms. The van der Waals surface area contributed by atoms with Gasteiger partial charge in [0.2, 0.25) is 5.28 Å². The monoisotopic (exact) mass is 257 g/mol. The van der Waals surface area contributed by atoms with Crippen molar-refractivity contribution in [3.63, 3.8) is 0 Å². The largest absolute Gasteiger partial charge is 0.361 e. The van der Waals surface area contributed by atoms with Crippen LogP contribution in [0.25, 0.3) is 0 Å². The minimum absolute atomic E-state index is 0.159. The number of aromatic nitrogens is 4. The van der Waals surface area contributed by atoms with Gasteiger partial charge in [0.1, 0.15) is 16.7 Å². The average molecular weight is 258 g/mol. The first-order valence-electron chi connectivity index (χ1n) is 4.55. The molecule has 1 N–H and O–H groups in total. The molecule has 7 heteroatoms. The van der Waals surface area contributed by atoms with Crippen molar-refractivity contribution < 1.29 is 0 Å². The van der Waals surface area contributed by atoms with E-state index in [2.05, 4.69) is 20.3 Å². The number of hydrogen-bond donors (Lipinski definition) is 1. The Bertz CT molecular complexity index is 496. The van der Waals surface area contributed by atoms with Gasteiger partial charge in [-0.15, -0.1) is 0 Å². The summed E-state index contributed by atoms with van der Waals surface area (Å²) in [7, 11) is 1.92. The number of nitrogens with one attached hydrogen (secondary N) is 1.